The average molecular weight is 818 g/mol. The van der Waals surface area contributed by atoms with Crippen LogP contribution in [-0.4, -0.2) is 49.9 Å². The van der Waals surface area contributed by atoms with Gasteiger partial charge in [0.1, 0.15) is 6.10 Å². The quantitative estimate of drug-likeness (QED) is 0.0354. The van der Waals surface area contributed by atoms with Gasteiger partial charge in [0, 0.05) is 19.6 Å². The topological polar surface area (TPSA) is 117 Å². The molecule has 9 heteroatoms. The number of rotatable bonds is 48. The number of carbonyl (C=O) groups is 1. The van der Waals surface area contributed by atoms with Gasteiger partial charge < -0.3 is 20.1 Å². The van der Waals surface area contributed by atoms with Gasteiger partial charge >= 0.3 is 13.8 Å². The lowest BCUT2D eigenvalue weighted by molar-refractivity contribution is -0.154. The molecule has 0 aliphatic rings. The van der Waals surface area contributed by atoms with Gasteiger partial charge in [0.2, 0.25) is 0 Å². The third-order valence-electron chi connectivity index (χ3n) is 11.0. The van der Waals surface area contributed by atoms with E-state index in [4.69, 9.17) is 24.3 Å². The molecule has 8 nitrogen and oxygen atoms in total. The molecule has 0 fully saturated rings. The molecular formula is C47H96NO7P. The summed E-state index contributed by atoms with van der Waals surface area (Å²) in [6.45, 7) is 5.00. The molecule has 0 radical (unpaired) electrons. The summed E-state index contributed by atoms with van der Waals surface area (Å²) in [5.74, 6) is -0.321. The number of ether oxygens (including phenoxy) is 2. The maximum Gasteiger partial charge on any atom is 0.472 e. The van der Waals surface area contributed by atoms with E-state index in [1.165, 1.54) is 205 Å². The van der Waals surface area contributed by atoms with Crippen LogP contribution in [0.15, 0.2) is 0 Å². The van der Waals surface area contributed by atoms with Gasteiger partial charge in [-0.25, -0.2) is 4.57 Å². The monoisotopic (exact) mass is 818 g/mol. The molecule has 0 saturated carbocycles. The van der Waals surface area contributed by atoms with Gasteiger partial charge in [0.05, 0.1) is 19.8 Å². The van der Waals surface area contributed by atoms with Crippen molar-refractivity contribution in [3.8, 4) is 0 Å². The molecule has 0 aromatic rings. The van der Waals surface area contributed by atoms with E-state index >= 15 is 0 Å². The van der Waals surface area contributed by atoms with Crippen LogP contribution in [0.1, 0.15) is 258 Å². The molecule has 0 aromatic carbocycles. The van der Waals surface area contributed by atoms with Gasteiger partial charge in [-0.1, -0.05) is 239 Å². The van der Waals surface area contributed by atoms with Crippen LogP contribution < -0.4 is 5.73 Å². The van der Waals surface area contributed by atoms with Gasteiger partial charge in [0.15, 0.2) is 0 Å². The number of esters is 1. The fourth-order valence-electron chi connectivity index (χ4n) is 7.41. The molecular weight excluding hydrogens is 721 g/mol. The second kappa shape index (κ2) is 45.6. The molecule has 0 bridgehead atoms. The van der Waals surface area contributed by atoms with Gasteiger partial charge in [-0.2, -0.15) is 0 Å². The molecule has 0 saturated heterocycles. The van der Waals surface area contributed by atoms with E-state index in [1.54, 1.807) is 0 Å². The predicted molar refractivity (Wildman–Crippen MR) is 238 cm³/mol. The van der Waals surface area contributed by atoms with Gasteiger partial charge in [-0.3, -0.25) is 13.8 Å². The zero-order chi connectivity index (χ0) is 40.9. The van der Waals surface area contributed by atoms with Crippen LogP contribution in [0.3, 0.4) is 0 Å². The lowest BCUT2D eigenvalue weighted by Crippen LogP contribution is -2.28. The van der Waals surface area contributed by atoms with Crippen LogP contribution in [0.25, 0.3) is 0 Å². The lowest BCUT2D eigenvalue weighted by atomic mass is 10.0. The minimum Gasteiger partial charge on any atom is -0.457 e. The normalized spacial score (nSPS) is 13.3. The van der Waals surface area contributed by atoms with E-state index < -0.39 is 13.9 Å². The summed E-state index contributed by atoms with van der Waals surface area (Å²) in [7, 11) is -4.27. The first kappa shape index (κ1) is 55.5. The second-order valence-electron chi connectivity index (χ2n) is 16.7. The van der Waals surface area contributed by atoms with Crippen LogP contribution in [0, 0.1) is 0 Å². The Labute approximate surface area is 348 Å². The average Bonchev–Trinajstić information content (AvgIpc) is 3.19. The maximum atomic E-state index is 12.6. The van der Waals surface area contributed by atoms with Crippen LogP contribution in [-0.2, 0) is 27.9 Å². The Bertz CT molecular complexity index is 832. The molecule has 0 spiro atoms. The first-order valence-corrected chi connectivity index (χ1v) is 26.0. The van der Waals surface area contributed by atoms with Crippen molar-refractivity contribution in [3.05, 3.63) is 0 Å². The number of carbonyl (C=O) groups excluding carboxylic acids is 1. The smallest absolute Gasteiger partial charge is 0.457 e. The van der Waals surface area contributed by atoms with E-state index in [9.17, 15) is 14.3 Å². The summed E-state index contributed by atoms with van der Waals surface area (Å²) in [5, 5.41) is 0. The Balaban J connectivity index is 3.86. The van der Waals surface area contributed by atoms with E-state index in [0.717, 1.165) is 32.1 Å². The van der Waals surface area contributed by atoms with Crippen LogP contribution in [0.2, 0.25) is 0 Å². The Morgan fingerprint density at radius 1 is 0.464 bits per heavy atom. The highest BCUT2D eigenvalue weighted by molar-refractivity contribution is 7.47. The van der Waals surface area contributed by atoms with Gasteiger partial charge in [-0.05, 0) is 12.8 Å². The second-order valence-corrected chi connectivity index (χ2v) is 18.2. The number of unbranched alkanes of at least 4 members (excludes halogenated alkanes) is 35. The molecule has 0 aromatic heterocycles. The third-order valence-corrected chi connectivity index (χ3v) is 12.0. The lowest BCUT2D eigenvalue weighted by Gasteiger charge is -2.20. The van der Waals surface area contributed by atoms with E-state index in [-0.39, 0.29) is 32.3 Å². The number of phosphoric ester groups is 1. The highest BCUT2D eigenvalue weighted by Crippen LogP contribution is 2.43. The first-order chi connectivity index (χ1) is 27.4. The molecule has 336 valence electrons. The summed E-state index contributed by atoms with van der Waals surface area (Å²) >= 11 is 0. The Morgan fingerprint density at radius 3 is 1.12 bits per heavy atom. The van der Waals surface area contributed by atoms with Crippen molar-refractivity contribution in [1.29, 1.82) is 0 Å². The molecule has 0 rings (SSSR count). The summed E-state index contributed by atoms with van der Waals surface area (Å²) in [4.78, 5) is 22.5. The molecule has 0 heterocycles. The van der Waals surface area contributed by atoms with Crippen molar-refractivity contribution in [1.82, 2.24) is 0 Å². The highest BCUT2D eigenvalue weighted by Gasteiger charge is 2.25. The zero-order valence-electron chi connectivity index (χ0n) is 37.4. The van der Waals surface area contributed by atoms with E-state index in [0.29, 0.717) is 13.0 Å². The fourth-order valence-corrected chi connectivity index (χ4v) is 8.18. The van der Waals surface area contributed by atoms with E-state index in [1.807, 2.05) is 0 Å². The van der Waals surface area contributed by atoms with Crippen molar-refractivity contribution >= 4 is 13.8 Å². The van der Waals surface area contributed by atoms with Crippen molar-refractivity contribution in [3.63, 3.8) is 0 Å². The number of phosphoric acid groups is 1. The molecule has 56 heavy (non-hydrogen) atoms. The molecule has 0 amide bonds. The van der Waals surface area contributed by atoms with Crippen LogP contribution >= 0.6 is 7.82 Å². The maximum absolute atomic E-state index is 12.6. The SMILES string of the molecule is CCCCCCCCCCCCCCCCCCCCCCCCCC(=O)OC(COCCCCCCCCCCCCCCCC)COP(=O)(O)OCCN. The number of nitrogens with two attached hydrogens (primary N) is 1. The van der Waals surface area contributed by atoms with Crippen LogP contribution in [0.5, 0.6) is 0 Å². The van der Waals surface area contributed by atoms with Crippen LogP contribution in [0.4, 0.5) is 0 Å². The van der Waals surface area contributed by atoms with Crippen molar-refractivity contribution in [2.75, 3.05) is 33.0 Å². The Kier molecular flexibility index (Phi) is 45.2. The largest absolute Gasteiger partial charge is 0.472 e. The first-order valence-electron chi connectivity index (χ1n) is 24.5. The zero-order valence-corrected chi connectivity index (χ0v) is 38.3. The molecule has 0 aliphatic heterocycles. The van der Waals surface area contributed by atoms with Gasteiger partial charge in [0.25, 0.3) is 0 Å². The van der Waals surface area contributed by atoms with Crippen molar-refractivity contribution < 1.29 is 32.8 Å². The Morgan fingerprint density at radius 2 is 0.786 bits per heavy atom. The highest BCUT2D eigenvalue weighted by atomic mass is 31.2. The predicted octanol–water partition coefficient (Wildman–Crippen LogP) is 14.9. The minimum absolute atomic E-state index is 0.0899. The summed E-state index contributed by atoms with van der Waals surface area (Å²) in [6, 6.07) is 0. The molecule has 3 N–H and O–H groups in total. The fraction of sp³-hybridized carbons (Fsp3) is 0.979. The molecule has 2 unspecified atom stereocenters. The third kappa shape index (κ3) is 44.6. The number of hydrogen-bond donors (Lipinski definition) is 2. The molecule has 0 aliphatic carbocycles. The number of hydrogen-bond acceptors (Lipinski definition) is 7. The summed E-state index contributed by atoms with van der Waals surface area (Å²) in [5.41, 5.74) is 5.38. The summed E-state index contributed by atoms with van der Waals surface area (Å²) in [6.07, 6.45) is 48.5. The van der Waals surface area contributed by atoms with Crippen molar-refractivity contribution in [2.24, 2.45) is 5.73 Å². The summed E-state index contributed by atoms with van der Waals surface area (Å²) < 4.78 is 33.5. The van der Waals surface area contributed by atoms with E-state index in [2.05, 4.69) is 13.8 Å². The van der Waals surface area contributed by atoms with Gasteiger partial charge in [-0.15, -0.1) is 0 Å². The minimum atomic E-state index is -4.27. The molecule has 2 atom stereocenters. The Hall–Kier alpha value is -0.500. The standard InChI is InChI=1S/C47H96NO7P/c1-3-5-7-9-11-13-15-17-19-20-21-22-23-24-25-26-27-28-30-32-34-36-38-40-47(49)55-46(45-54-56(50,51)53-43-41-48)44-52-42-39-37-35-33-31-29-18-16-14-12-10-8-6-4-2/h46H,3-45,48H2,1-2H3,(H,50,51). The van der Waals surface area contributed by atoms with Crippen molar-refractivity contribution in [2.45, 2.75) is 264 Å².